The van der Waals surface area contributed by atoms with E-state index in [0.717, 1.165) is 19.4 Å². The zero-order valence-electron chi connectivity index (χ0n) is 13.4. The Balaban J connectivity index is 2.00. The minimum atomic E-state index is -2.83. The Morgan fingerprint density at radius 3 is 2.48 bits per heavy atom. The van der Waals surface area contributed by atoms with Gasteiger partial charge < -0.3 is 10.2 Å². The van der Waals surface area contributed by atoms with Crippen molar-refractivity contribution in [1.82, 2.24) is 10.2 Å². The van der Waals surface area contributed by atoms with Gasteiger partial charge in [0.1, 0.15) is 9.84 Å². The minimum absolute atomic E-state index is 0.116. The lowest BCUT2D eigenvalue weighted by molar-refractivity contribution is -0.133. The van der Waals surface area contributed by atoms with E-state index in [1.54, 1.807) is 0 Å². The van der Waals surface area contributed by atoms with Crippen LogP contribution in [0, 0.1) is 11.3 Å². The van der Waals surface area contributed by atoms with Crippen molar-refractivity contribution in [2.45, 2.75) is 45.6 Å². The first-order valence-corrected chi connectivity index (χ1v) is 9.71. The molecule has 6 heteroatoms. The van der Waals surface area contributed by atoms with Crippen LogP contribution in [0.5, 0.6) is 0 Å². The average Bonchev–Trinajstić information content (AvgIpc) is 2.51. The van der Waals surface area contributed by atoms with E-state index in [2.05, 4.69) is 19.2 Å². The van der Waals surface area contributed by atoms with Gasteiger partial charge in [-0.1, -0.05) is 13.8 Å². The highest BCUT2D eigenvalue weighted by molar-refractivity contribution is 7.91. The summed E-state index contributed by atoms with van der Waals surface area (Å²) in [7, 11) is -0.984. The number of nitrogens with one attached hydrogen (secondary N) is 1. The molecule has 2 aliphatic rings. The van der Waals surface area contributed by atoms with Crippen molar-refractivity contribution in [2.24, 2.45) is 11.3 Å². The molecular weight excluding hydrogens is 288 g/mol. The van der Waals surface area contributed by atoms with Crippen LogP contribution in [-0.2, 0) is 14.6 Å². The van der Waals surface area contributed by atoms with E-state index in [-0.39, 0.29) is 28.9 Å². The SMILES string of the molecule is CNC1CC(C)(C)CCN(CC2CCS(=O)(=O)CC2)C1=O. The molecule has 2 saturated heterocycles. The average molecular weight is 316 g/mol. The van der Waals surface area contributed by atoms with Gasteiger partial charge in [0.25, 0.3) is 0 Å². The first kappa shape index (κ1) is 16.7. The number of carbonyl (C=O) groups is 1. The first-order chi connectivity index (χ1) is 9.72. The Morgan fingerprint density at radius 2 is 1.90 bits per heavy atom. The molecule has 1 N–H and O–H groups in total. The zero-order valence-corrected chi connectivity index (χ0v) is 14.2. The molecule has 1 atom stereocenters. The van der Waals surface area contributed by atoms with Gasteiger partial charge in [-0.3, -0.25) is 4.79 Å². The van der Waals surface area contributed by atoms with Crippen LogP contribution in [0.2, 0.25) is 0 Å². The molecule has 2 fully saturated rings. The van der Waals surface area contributed by atoms with Crippen LogP contribution >= 0.6 is 0 Å². The molecule has 0 bridgehead atoms. The summed E-state index contributed by atoms with van der Waals surface area (Å²) in [6, 6.07) is -0.116. The Bertz CT molecular complexity index is 473. The molecule has 21 heavy (non-hydrogen) atoms. The number of hydrogen-bond donors (Lipinski definition) is 1. The number of hydrogen-bond acceptors (Lipinski definition) is 4. The second-order valence-corrected chi connectivity index (χ2v) is 9.64. The molecule has 2 rings (SSSR count). The van der Waals surface area contributed by atoms with E-state index >= 15 is 0 Å². The summed E-state index contributed by atoms with van der Waals surface area (Å²) in [5.74, 6) is 1.06. The van der Waals surface area contributed by atoms with Gasteiger partial charge in [-0.05, 0) is 44.1 Å². The summed E-state index contributed by atoms with van der Waals surface area (Å²) in [5, 5.41) is 3.14. The lowest BCUT2D eigenvalue weighted by Gasteiger charge is -2.30. The van der Waals surface area contributed by atoms with Gasteiger partial charge >= 0.3 is 0 Å². The van der Waals surface area contributed by atoms with Gasteiger partial charge in [-0.15, -0.1) is 0 Å². The fraction of sp³-hybridized carbons (Fsp3) is 0.933. The fourth-order valence-corrected chi connectivity index (χ4v) is 4.94. The molecule has 122 valence electrons. The standard InChI is InChI=1S/C15H28N2O3S/c1-15(2)6-7-17(14(18)13(10-15)16-3)11-12-4-8-21(19,20)9-5-12/h12-13,16H,4-11H2,1-3H3. The molecule has 0 aliphatic carbocycles. The predicted octanol–water partition coefficient (Wildman–Crippen LogP) is 1.05. The first-order valence-electron chi connectivity index (χ1n) is 7.89. The molecule has 0 spiro atoms. The van der Waals surface area contributed by atoms with Crippen molar-refractivity contribution >= 4 is 15.7 Å². The van der Waals surface area contributed by atoms with Crippen LogP contribution in [-0.4, -0.2) is 56.9 Å². The molecule has 1 amide bonds. The lowest BCUT2D eigenvalue weighted by Crippen LogP contribution is -2.46. The summed E-state index contributed by atoms with van der Waals surface area (Å²) in [6.07, 6.45) is 3.25. The minimum Gasteiger partial charge on any atom is -0.341 e. The highest BCUT2D eigenvalue weighted by Crippen LogP contribution is 2.31. The summed E-state index contributed by atoms with van der Waals surface area (Å²) in [4.78, 5) is 14.6. The number of carbonyl (C=O) groups excluding carboxylic acids is 1. The molecule has 0 saturated carbocycles. The second-order valence-electron chi connectivity index (χ2n) is 7.34. The topological polar surface area (TPSA) is 66.5 Å². The largest absolute Gasteiger partial charge is 0.341 e. The zero-order chi connectivity index (χ0) is 15.7. The molecule has 2 aliphatic heterocycles. The normalized spacial score (nSPS) is 30.1. The second kappa shape index (κ2) is 6.24. The van der Waals surface area contributed by atoms with Crippen LogP contribution in [0.15, 0.2) is 0 Å². The van der Waals surface area contributed by atoms with Gasteiger partial charge in [0.05, 0.1) is 17.5 Å². The van der Waals surface area contributed by atoms with Gasteiger partial charge in [-0.25, -0.2) is 8.42 Å². The monoisotopic (exact) mass is 316 g/mol. The third-order valence-corrected chi connectivity index (χ3v) is 6.64. The molecule has 5 nitrogen and oxygen atoms in total. The maximum absolute atomic E-state index is 12.6. The molecular formula is C15H28N2O3S. The van der Waals surface area contributed by atoms with Gasteiger partial charge in [0, 0.05) is 13.1 Å². The maximum atomic E-state index is 12.6. The Kier molecular flexibility index (Phi) is 4.98. The van der Waals surface area contributed by atoms with Crippen molar-refractivity contribution in [2.75, 3.05) is 31.6 Å². The van der Waals surface area contributed by atoms with Crippen LogP contribution in [0.4, 0.5) is 0 Å². The van der Waals surface area contributed by atoms with Crippen LogP contribution < -0.4 is 5.32 Å². The number of rotatable bonds is 3. The highest BCUT2D eigenvalue weighted by Gasteiger charge is 2.35. The van der Waals surface area contributed by atoms with E-state index in [1.165, 1.54) is 0 Å². The van der Waals surface area contributed by atoms with Crippen molar-refractivity contribution < 1.29 is 13.2 Å². The van der Waals surface area contributed by atoms with E-state index < -0.39 is 9.84 Å². The summed E-state index contributed by atoms with van der Waals surface area (Å²) in [6.45, 7) is 5.92. The van der Waals surface area contributed by atoms with E-state index in [4.69, 9.17) is 0 Å². The molecule has 0 aromatic carbocycles. The molecule has 0 aromatic rings. The van der Waals surface area contributed by atoms with E-state index in [9.17, 15) is 13.2 Å². The quantitative estimate of drug-likeness (QED) is 0.845. The maximum Gasteiger partial charge on any atom is 0.239 e. The van der Waals surface area contributed by atoms with E-state index in [1.807, 2.05) is 11.9 Å². The van der Waals surface area contributed by atoms with E-state index in [0.29, 0.717) is 25.3 Å². The smallest absolute Gasteiger partial charge is 0.239 e. The van der Waals surface area contributed by atoms with Gasteiger partial charge in [-0.2, -0.15) is 0 Å². The molecule has 0 radical (unpaired) electrons. The number of nitrogens with zero attached hydrogens (tertiary/aromatic N) is 1. The third kappa shape index (κ3) is 4.42. The Morgan fingerprint density at radius 1 is 1.29 bits per heavy atom. The number of amides is 1. The molecule has 0 aromatic heterocycles. The van der Waals surface area contributed by atoms with Crippen molar-refractivity contribution in [1.29, 1.82) is 0 Å². The van der Waals surface area contributed by atoms with Crippen LogP contribution in [0.1, 0.15) is 39.5 Å². The van der Waals surface area contributed by atoms with Gasteiger partial charge in [0.15, 0.2) is 0 Å². The Labute approximate surface area is 128 Å². The number of likely N-dealkylation sites (tertiary alicyclic amines) is 1. The lowest BCUT2D eigenvalue weighted by atomic mass is 9.83. The summed E-state index contributed by atoms with van der Waals surface area (Å²) >= 11 is 0. The summed E-state index contributed by atoms with van der Waals surface area (Å²) < 4.78 is 23.0. The van der Waals surface area contributed by atoms with Crippen molar-refractivity contribution in [3.8, 4) is 0 Å². The summed E-state index contributed by atoms with van der Waals surface area (Å²) in [5.41, 5.74) is 0.161. The highest BCUT2D eigenvalue weighted by atomic mass is 32.2. The third-order valence-electron chi connectivity index (χ3n) is 4.93. The van der Waals surface area contributed by atoms with Crippen molar-refractivity contribution in [3.05, 3.63) is 0 Å². The van der Waals surface area contributed by atoms with Crippen molar-refractivity contribution in [3.63, 3.8) is 0 Å². The van der Waals surface area contributed by atoms with Crippen LogP contribution in [0.3, 0.4) is 0 Å². The van der Waals surface area contributed by atoms with Crippen LogP contribution in [0.25, 0.3) is 0 Å². The number of likely N-dealkylation sites (N-methyl/N-ethyl adjacent to an activating group) is 1. The number of sulfone groups is 1. The molecule has 1 unspecified atom stereocenters. The molecule has 2 heterocycles. The fourth-order valence-electron chi connectivity index (χ4n) is 3.35. The Hall–Kier alpha value is -0.620. The predicted molar refractivity (Wildman–Crippen MR) is 83.8 cm³/mol. The van der Waals surface area contributed by atoms with Gasteiger partial charge in [0.2, 0.25) is 5.91 Å².